The van der Waals surface area contributed by atoms with Gasteiger partial charge in [0, 0.05) is 38.2 Å². The molecule has 2 aromatic carbocycles. The summed E-state index contributed by atoms with van der Waals surface area (Å²) in [5.41, 5.74) is 3.25. The van der Waals surface area contributed by atoms with Gasteiger partial charge in [-0.2, -0.15) is 0 Å². The normalized spacial score (nSPS) is 15.6. The highest BCUT2D eigenvalue weighted by Gasteiger charge is 2.29. The summed E-state index contributed by atoms with van der Waals surface area (Å²) in [6.07, 6.45) is 0.805. The van der Waals surface area contributed by atoms with Gasteiger partial charge < -0.3 is 15.5 Å². The van der Waals surface area contributed by atoms with Gasteiger partial charge in [0.05, 0.1) is 0 Å². The molecule has 1 atom stereocenters. The van der Waals surface area contributed by atoms with Gasteiger partial charge in [-0.05, 0) is 23.6 Å². The lowest BCUT2D eigenvalue weighted by atomic mass is 9.98. The lowest BCUT2D eigenvalue weighted by molar-refractivity contribution is -0.116. The monoisotopic (exact) mass is 337 g/mol. The topological polar surface area (TPSA) is 61.4 Å². The van der Waals surface area contributed by atoms with Gasteiger partial charge in [-0.25, -0.2) is 4.79 Å². The molecule has 3 rings (SSSR count). The number of fused-ring (bicyclic) bond motifs is 1. The molecule has 1 aliphatic heterocycles. The number of nitrogens with one attached hydrogen (secondary N) is 2. The molecule has 130 valence electrons. The molecule has 25 heavy (non-hydrogen) atoms. The molecular weight excluding hydrogens is 314 g/mol. The van der Waals surface area contributed by atoms with E-state index in [0.717, 1.165) is 17.7 Å². The van der Waals surface area contributed by atoms with E-state index >= 15 is 0 Å². The summed E-state index contributed by atoms with van der Waals surface area (Å²) in [7, 11) is 0. The Morgan fingerprint density at radius 2 is 1.76 bits per heavy atom. The Morgan fingerprint density at radius 1 is 1.04 bits per heavy atom. The third kappa shape index (κ3) is 4.18. The summed E-state index contributed by atoms with van der Waals surface area (Å²) in [4.78, 5) is 25.5. The third-order valence-electron chi connectivity index (χ3n) is 4.52. The Bertz CT molecular complexity index is 746. The molecule has 0 fully saturated rings. The predicted octanol–water partition coefficient (Wildman–Crippen LogP) is 3.03. The van der Waals surface area contributed by atoms with Crippen LogP contribution in [-0.2, 0) is 11.3 Å². The van der Waals surface area contributed by atoms with E-state index in [0.29, 0.717) is 19.6 Å². The van der Waals surface area contributed by atoms with Gasteiger partial charge in [-0.15, -0.1) is 0 Å². The second kappa shape index (κ2) is 7.83. The van der Waals surface area contributed by atoms with Crippen LogP contribution in [0.5, 0.6) is 0 Å². The van der Waals surface area contributed by atoms with E-state index in [9.17, 15) is 9.59 Å². The van der Waals surface area contributed by atoms with Crippen molar-refractivity contribution in [1.29, 1.82) is 0 Å². The Balaban J connectivity index is 1.48. The molecule has 0 aliphatic carbocycles. The molecule has 0 bridgehead atoms. The van der Waals surface area contributed by atoms with E-state index in [1.54, 1.807) is 6.92 Å². The molecule has 0 spiro atoms. The molecule has 0 radical (unpaired) electrons. The standard InChI is InChI=1S/C20H23N3O2/c1-15(24)23-14-17(18-9-5-6-10-19(18)23)11-12-21-20(25)22-13-16-7-3-2-4-8-16/h2-10,17H,11-14H2,1H3,(H2,21,22,25). The van der Waals surface area contributed by atoms with Crippen LogP contribution in [0.3, 0.4) is 0 Å². The van der Waals surface area contributed by atoms with E-state index in [2.05, 4.69) is 16.7 Å². The minimum atomic E-state index is -0.168. The summed E-state index contributed by atoms with van der Waals surface area (Å²) in [6.45, 7) is 3.36. The second-order valence-electron chi connectivity index (χ2n) is 6.27. The van der Waals surface area contributed by atoms with Gasteiger partial charge in [0.25, 0.3) is 0 Å². The first-order valence-electron chi connectivity index (χ1n) is 8.58. The lowest BCUT2D eigenvalue weighted by Crippen LogP contribution is -2.36. The predicted molar refractivity (Wildman–Crippen MR) is 98.5 cm³/mol. The number of benzene rings is 2. The average molecular weight is 337 g/mol. The summed E-state index contributed by atoms with van der Waals surface area (Å²) in [5, 5.41) is 5.76. The van der Waals surface area contributed by atoms with Crippen LogP contribution < -0.4 is 15.5 Å². The Labute approximate surface area is 148 Å². The van der Waals surface area contributed by atoms with Crippen LogP contribution in [0.2, 0.25) is 0 Å². The molecule has 1 unspecified atom stereocenters. The van der Waals surface area contributed by atoms with Crippen LogP contribution in [-0.4, -0.2) is 25.0 Å². The van der Waals surface area contributed by atoms with Gasteiger partial charge in [0.1, 0.15) is 0 Å². The first-order valence-corrected chi connectivity index (χ1v) is 8.58. The third-order valence-corrected chi connectivity index (χ3v) is 4.52. The first-order chi connectivity index (χ1) is 12.1. The van der Waals surface area contributed by atoms with Crippen molar-refractivity contribution in [3.8, 4) is 0 Å². The van der Waals surface area contributed by atoms with Gasteiger partial charge in [0.15, 0.2) is 0 Å². The molecular formula is C20H23N3O2. The number of nitrogens with zero attached hydrogens (tertiary/aromatic N) is 1. The quantitative estimate of drug-likeness (QED) is 0.881. The first kappa shape index (κ1) is 17.0. The maximum absolute atomic E-state index is 11.9. The van der Waals surface area contributed by atoms with E-state index in [4.69, 9.17) is 0 Å². The summed E-state index contributed by atoms with van der Waals surface area (Å²) in [5.74, 6) is 0.318. The van der Waals surface area contributed by atoms with Crippen molar-refractivity contribution in [1.82, 2.24) is 10.6 Å². The molecule has 3 amide bonds. The van der Waals surface area contributed by atoms with Gasteiger partial charge in [-0.3, -0.25) is 4.79 Å². The SMILES string of the molecule is CC(=O)N1CC(CCNC(=O)NCc2ccccc2)c2ccccc21. The molecule has 0 aromatic heterocycles. The van der Waals surface area contributed by atoms with Crippen molar-refractivity contribution in [2.75, 3.05) is 18.0 Å². The zero-order valence-corrected chi connectivity index (χ0v) is 14.4. The summed E-state index contributed by atoms with van der Waals surface area (Å²) < 4.78 is 0. The number of amides is 3. The fourth-order valence-electron chi connectivity index (χ4n) is 3.24. The summed E-state index contributed by atoms with van der Waals surface area (Å²) in [6, 6.07) is 17.6. The summed E-state index contributed by atoms with van der Waals surface area (Å²) >= 11 is 0. The minimum Gasteiger partial charge on any atom is -0.338 e. The van der Waals surface area contributed by atoms with E-state index in [1.807, 2.05) is 53.4 Å². The lowest BCUT2D eigenvalue weighted by Gasteiger charge is -2.15. The fraction of sp³-hybridized carbons (Fsp3) is 0.300. The molecule has 0 saturated heterocycles. The fourth-order valence-corrected chi connectivity index (χ4v) is 3.24. The number of anilines is 1. The zero-order valence-electron chi connectivity index (χ0n) is 14.4. The Morgan fingerprint density at radius 3 is 2.52 bits per heavy atom. The van der Waals surface area contributed by atoms with E-state index < -0.39 is 0 Å². The highest BCUT2D eigenvalue weighted by atomic mass is 16.2. The van der Waals surface area contributed by atoms with E-state index in [-0.39, 0.29) is 17.9 Å². The van der Waals surface area contributed by atoms with Crippen LogP contribution in [0.15, 0.2) is 54.6 Å². The number of hydrogen-bond donors (Lipinski definition) is 2. The van der Waals surface area contributed by atoms with Gasteiger partial charge in [0.2, 0.25) is 5.91 Å². The maximum Gasteiger partial charge on any atom is 0.315 e. The molecule has 5 heteroatoms. The van der Waals surface area contributed by atoms with Crippen molar-refractivity contribution < 1.29 is 9.59 Å². The van der Waals surface area contributed by atoms with Gasteiger partial charge in [-0.1, -0.05) is 48.5 Å². The second-order valence-corrected chi connectivity index (χ2v) is 6.27. The molecule has 1 heterocycles. The number of carbonyl (C=O) groups is 2. The number of rotatable bonds is 5. The zero-order chi connectivity index (χ0) is 17.6. The smallest absolute Gasteiger partial charge is 0.315 e. The van der Waals surface area contributed by atoms with Crippen molar-refractivity contribution in [2.45, 2.75) is 25.8 Å². The van der Waals surface area contributed by atoms with Crippen LogP contribution >= 0.6 is 0 Å². The Hall–Kier alpha value is -2.82. The molecule has 1 aliphatic rings. The maximum atomic E-state index is 11.9. The largest absolute Gasteiger partial charge is 0.338 e. The number of carbonyl (C=O) groups excluding carboxylic acids is 2. The van der Waals surface area contributed by atoms with Crippen molar-refractivity contribution in [2.24, 2.45) is 0 Å². The molecule has 5 nitrogen and oxygen atoms in total. The van der Waals surface area contributed by atoms with Gasteiger partial charge >= 0.3 is 6.03 Å². The Kier molecular flexibility index (Phi) is 5.33. The highest BCUT2D eigenvalue weighted by Crippen LogP contribution is 2.37. The number of hydrogen-bond acceptors (Lipinski definition) is 2. The highest BCUT2D eigenvalue weighted by molar-refractivity contribution is 5.94. The van der Waals surface area contributed by atoms with Crippen LogP contribution in [0, 0.1) is 0 Å². The van der Waals surface area contributed by atoms with E-state index in [1.165, 1.54) is 5.56 Å². The molecule has 2 aromatic rings. The van der Waals surface area contributed by atoms with Crippen molar-refractivity contribution >= 4 is 17.6 Å². The molecule has 2 N–H and O–H groups in total. The minimum absolute atomic E-state index is 0.0588. The van der Waals surface area contributed by atoms with Crippen molar-refractivity contribution in [3.63, 3.8) is 0 Å². The number of urea groups is 1. The molecule has 0 saturated carbocycles. The van der Waals surface area contributed by atoms with Crippen LogP contribution in [0.4, 0.5) is 10.5 Å². The average Bonchev–Trinajstić information content (AvgIpc) is 3.00. The number of para-hydroxylation sites is 1. The van der Waals surface area contributed by atoms with Crippen molar-refractivity contribution in [3.05, 3.63) is 65.7 Å². The van der Waals surface area contributed by atoms with Crippen LogP contribution in [0.1, 0.15) is 30.4 Å². The van der Waals surface area contributed by atoms with Crippen LogP contribution in [0.25, 0.3) is 0 Å².